The molecule has 0 heterocycles. The topological polar surface area (TPSA) is 50.4 Å². The lowest BCUT2D eigenvalue weighted by Crippen LogP contribution is -2.34. The maximum atomic E-state index is 12.0. The number of hydrogen-bond donors (Lipinski definition) is 2. The molecule has 2 atom stereocenters. The molecule has 0 radical (unpaired) electrons. The van der Waals surface area contributed by atoms with Crippen molar-refractivity contribution < 1.29 is 9.53 Å². The second-order valence-electron chi connectivity index (χ2n) is 6.02. The average molecular weight is 304 g/mol. The van der Waals surface area contributed by atoms with Gasteiger partial charge in [0.1, 0.15) is 5.75 Å². The quantitative estimate of drug-likeness (QED) is 0.601. The molecule has 1 aliphatic carbocycles. The predicted octanol–water partition coefficient (Wildman–Crippen LogP) is 2.88. The largest absolute Gasteiger partial charge is 0.494 e. The van der Waals surface area contributed by atoms with Gasteiger partial charge in [-0.25, -0.2) is 0 Å². The van der Waals surface area contributed by atoms with Gasteiger partial charge in [0.2, 0.25) is 5.91 Å². The lowest BCUT2D eigenvalue weighted by atomic mass is 10.1. The third-order valence-corrected chi connectivity index (χ3v) is 4.30. The SMILES string of the molecule is CNC1CCCC(NC(=O)CCCOc2ccccc2)CC1. The van der Waals surface area contributed by atoms with Gasteiger partial charge < -0.3 is 15.4 Å². The zero-order valence-corrected chi connectivity index (χ0v) is 13.5. The minimum atomic E-state index is 0.157. The van der Waals surface area contributed by atoms with Crippen molar-refractivity contribution in [3.05, 3.63) is 30.3 Å². The Morgan fingerprint density at radius 2 is 1.86 bits per heavy atom. The molecule has 0 spiro atoms. The fourth-order valence-electron chi connectivity index (χ4n) is 2.97. The Labute approximate surface area is 133 Å². The summed E-state index contributed by atoms with van der Waals surface area (Å²) in [6.45, 7) is 0.587. The summed E-state index contributed by atoms with van der Waals surface area (Å²) in [6, 6.07) is 10.7. The van der Waals surface area contributed by atoms with Gasteiger partial charge in [0.15, 0.2) is 0 Å². The molecule has 4 heteroatoms. The highest BCUT2D eigenvalue weighted by Gasteiger charge is 2.18. The highest BCUT2D eigenvalue weighted by Crippen LogP contribution is 2.18. The Hall–Kier alpha value is -1.55. The first-order valence-electron chi connectivity index (χ1n) is 8.42. The molecule has 0 aromatic heterocycles. The predicted molar refractivity (Wildman–Crippen MR) is 89.0 cm³/mol. The second kappa shape index (κ2) is 9.46. The molecule has 2 rings (SSSR count). The van der Waals surface area contributed by atoms with Gasteiger partial charge in [-0.1, -0.05) is 18.2 Å². The minimum absolute atomic E-state index is 0.157. The number of ether oxygens (including phenoxy) is 1. The van der Waals surface area contributed by atoms with Crippen molar-refractivity contribution in [2.24, 2.45) is 0 Å². The van der Waals surface area contributed by atoms with Gasteiger partial charge in [0.05, 0.1) is 6.61 Å². The van der Waals surface area contributed by atoms with E-state index in [-0.39, 0.29) is 5.91 Å². The molecule has 0 aliphatic heterocycles. The molecule has 1 aromatic rings. The van der Waals surface area contributed by atoms with E-state index in [0.29, 0.717) is 25.1 Å². The third kappa shape index (κ3) is 6.06. The van der Waals surface area contributed by atoms with Crippen molar-refractivity contribution in [2.45, 2.75) is 57.0 Å². The van der Waals surface area contributed by atoms with Crippen LogP contribution in [0.3, 0.4) is 0 Å². The van der Waals surface area contributed by atoms with Crippen molar-refractivity contribution in [1.29, 1.82) is 0 Å². The van der Waals surface area contributed by atoms with Crippen molar-refractivity contribution >= 4 is 5.91 Å². The molecule has 0 saturated heterocycles. The Morgan fingerprint density at radius 3 is 2.64 bits per heavy atom. The van der Waals surface area contributed by atoms with E-state index in [4.69, 9.17) is 4.74 Å². The highest BCUT2D eigenvalue weighted by molar-refractivity contribution is 5.76. The van der Waals surface area contributed by atoms with Crippen LogP contribution in [0.4, 0.5) is 0 Å². The van der Waals surface area contributed by atoms with Crippen molar-refractivity contribution in [1.82, 2.24) is 10.6 Å². The Morgan fingerprint density at radius 1 is 1.14 bits per heavy atom. The number of carbonyl (C=O) groups is 1. The lowest BCUT2D eigenvalue weighted by Gasteiger charge is -2.17. The summed E-state index contributed by atoms with van der Waals surface area (Å²) in [7, 11) is 2.02. The summed E-state index contributed by atoms with van der Waals surface area (Å²) >= 11 is 0. The van der Waals surface area contributed by atoms with Gasteiger partial charge in [-0.05, 0) is 57.7 Å². The number of hydrogen-bond acceptors (Lipinski definition) is 3. The van der Waals surface area contributed by atoms with Crippen LogP contribution in [0, 0.1) is 0 Å². The molecule has 1 amide bonds. The van der Waals surface area contributed by atoms with E-state index in [2.05, 4.69) is 10.6 Å². The molecule has 2 N–H and O–H groups in total. The van der Waals surface area contributed by atoms with E-state index in [1.54, 1.807) is 0 Å². The van der Waals surface area contributed by atoms with Crippen molar-refractivity contribution in [2.75, 3.05) is 13.7 Å². The molecule has 1 fully saturated rings. The number of benzene rings is 1. The molecular weight excluding hydrogens is 276 g/mol. The first kappa shape index (κ1) is 16.8. The molecule has 1 aliphatic rings. The van der Waals surface area contributed by atoms with E-state index >= 15 is 0 Å². The normalized spacial score (nSPS) is 21.9. The van der Waals surface area contributed by atoms with Crippen LogP contribution in [0.25, 0.3) is 0 Å². The second-order valence-corrected chi connectivity index (χ2v) is 6.02. The van der Waals surface area contributed by atoms with Crippen LogP contribution in [-0.2, 0) is 4.79 Å². The number of carbonyl (C=O) groups excluding carboxylic acids is 1. The fraction of sp³-hybridized carbons (Fsp3) is 0.611. The molecule has 2 unspecified atom stereocenters. The van der Waals surface area contributed by atoms with E-state index in [1.165, 1.54) is 12.8 Å². The first-order chi connectivity index (χ1) is 10.8. The van der Waals surface area contributed by atoms with E-state index < -0.39 is 0 Å². The van der Waals surface area contributed by atoms with Crippen LogP contribution in [0.2, 0.25) is 0 Å². The van der Waals surface area contributed by atoms with Crippen molar-refractivity contribution in [3.8, 4) is 5.75 Å². The fourth-order valence-corrected chi connectivity index (χ4v) is 2.97. The molecule has 22 heavy (non-hydrogen) atoms. The maximum absolute atomic E-state index is 12.0. The van der Waals surface area contributed by atoms with E-state index in [0.717, 1.165) is 31.4 Å². The first-order valence-corrected chi connectivity index (χ1v) is 8.42. The number of amides is 1. The highest BCUT2D eigenvalue weighted by atomic mass is 16.5. The average Bonchev–Trinajstić information content (AvgIpc) is 2.78. The van der Waals surface area contributed by atoms with Crippen LogP contribution >= 0.6 is 0 Å². The summed E-state index contributed by atoms with van der Waals surface area (Å²) in [5.74, 6) is 1.02. The Bertz CT molecular complexity index is 436. The monoisotopic (exact) mass is 304 g/mol. The van der Waals surface area contributed by atoms with E-state index in [9.17, 15) is 4.79 Å². The molecule has 122 valence electrons. The van der Waals surface area contributed by atoms with Crippen LogP contribution in [0.1, 0.15) is 44.9 Å². The number of para-hydroxylation sites is 1. The van der Waals surface area contributed by atoms with Crippen LogP contribution < -0.4 is 15.4 Å². The number of rotatable bonds is 7. The molecular formula is C18H28N2O2. The van der Waals surface area contributed by atoms with Gasteiger partial charge in [0.25, 0.3) is 0 Å². The minimum Gasteiger partial charge on any atom is -0.494 e. The van der Waals surface area contributed by atoms with Gasteiger partial charge in [-0.2, -0.15) is 0 Å². The summed E-state index contributed by atoms with van der Waals surface area (Å²) in [5, 5.41) is 6.53. The zero-order valence-electron chi connectivity index (χ0n) is 13.5. The van der Waals surface area contributed by atoms with Crippen LogP contribution in [0.5, 0.6) is 5.75 Å². The molecule has 4 nitrogen and oxygen atoms in total. The standard InChI is InChI=1S/C18H28N2O2/c1-19-15-7-5-8-16(13-12-15)20-18(21)11-6-14-22-17-9-3-2-4-10-17/h2-4,9-10,15-16,19H,5-8,11-14H2,1H3,(H,20,21). The summed E-state index contributed by atoms with van der Waals surface area (Å²) in [6.07, 6.45) is 7.04. The lowest BCUT2D eigenvalue weighted by molar-refractivity contribution is -0.122. The molecule has 1 saturated carbocycles. The zero-order chi connectivity index (χ0) is 15.6. The third-order valence-electron chi connectivity index (χ3n) is 4.30. The maximum Gasteiger partial charge on any atom is 0.220 e. The van der Waals surface area contributed by atoms with E-state index in [1.807, 2.05) is 37.4 Å². The molecule has 1 aromatic carbocycles. The van der Waals surface area contributed by atoms with Gasteiger partial charge in [-0.15, -0.1) is 0 Å². The van der Waals surface area contributed by atoms with Gasteiger partial charge >= 0.3 is 0 Å². The Balaban J connectivity index is 1.59. The van der Waals surface area contributed by atoms with Crippen molar-refractivity contribution in [3.63, 3.8) is 0 Å². The van der Waals surface area contributed by atoms with Crippen LogP contribution in [-0.4, -0.2) is 31.6 Å². The summed E-state index contributed by atoms with van der Waals surface area (Å²) < 4.78 is 5.61. The summed E-state index contributed by atoms with van der Waals surface area (Å²) in [4.78, 5) is 12.0. The van der Waals surface area contributed by atoms with Crippen LogP contribution in [0.15, 0.2) is 30.3 Å². The molecule has 0 bridgehead atoms. The smallest absolute Gasteiger partial charge is 0.220 e. The number of nitrogens with one attached hydrogen (secondary N) is 2. The Kier molecular flexibility index (Phi) is 7.23. The summed E-state index contributed by atoms with van der Waals surface area (Å²) in [5.41, 5.74) is 0. The van der Waals surface area contributed by atoms with Gasteiger partial charge in [-0.3, -0.25) is 4.79 Å². The van der Waals surface area contributed by atoms with Gasteiger partial charge in [0, 0.05) is 18.5 Å².